The third kappa shape index (κ3) is 2.76. The minimum absolute atomic E-state index is 0.135. The van der Waals surface area contributed by atoms with E-state index in [9.17, 15) is 4.79 Å². The first kappa shape index (κ1) is 15.4. The summed E-state index contributed by atoms with van der Waals surface area (Å²) in [6.07, 6.45) is 1.82. The summed E-state index contributed by atoms with van der Waals surface area (Å²) < 4.78 is 0. The summed E-state index contributed by atoms with van der Waals surface area (Å²) in [6, 6.07) is 17.5. The maximum atomic E-state index is 13.0. The number of Topliss-reactive ketones (excluding diaryl/α,β-unsaturated/α-hetero) is 1. The summed E-state index contributed by atoms with van der Waals surface area (Å²) >= 11 is 0. The van der Waals surface area contributed by atoms with Crippen LogP contribution in [0.5, 0.6) is 0 Å². The highest BCUT2D eigenvalue weighted by Crippen LogP contribution is 2.35. The fraction of sp³-hybridized carbons (Fsp3) is 0.143. The van der Waals surface area contributed by atoms with Gasteiger partial charge in [-0.3, -0.25) is 4.79 Å². The molecule has 0 bridgehead atoms. The van der Waals surface area contributed by atoms with Crippen LogP contribution in [0.3, 0.4) is 0 Å². The summed E-state index contributed by atoms with van der Waals surface area (Å²) in [7, 11) is 0. The number of carbonyl (C=O) groups is 1. The zero-order valence-corrected chi connectivity index (χ0v) is 14.0. The van der Waals surface area contributed by atoms with Gasteiger partial charge in [0, 0.05) is 35.1 Å². The molecule has 0 radical (unpaired) electrons. The van der Waals surface area contributed by atoms with Crippen LogP contribution in [0.2, 0.25) is 0 Å². The molecule has 1 aliphatic rings. The molecule has 1 atom stereocenters. The number of aromatic nitrogens is 1. The smallest absolute Gasteiger partial charge is 0.172 e. The Hall–Kier alpha value is -3.14. The Balaban J connectivity index is 1.73. The van der Waals surface area contributed by atoms with Gasteiger partial charge in [-0.2, -0.15) is 0 Å². The largest absolute Gasteiger partial charge is 0.399 e. The van der Waals surface area contributed by atoms with E-state index >= 15 is 0 Å². The average molecular weight is 329 g/mol. The first-order valence-electron chi connectivity index (χ1n) is 8.33. The Morgan fingerprint density at radius 3 is 2.76 bits per heavy atom. The Labute approximate surface area is 146 Å². The number of fused-ring (bicyclic) bond motifs is 1. The van der Waals surface area contributed by atoms with E-state index in [0.29, 0.717) is 12.2 Å². The van der Waals surface area contributed by atoms with E-state index in [1.807, 2.05) is 61.7 Å². The van der Waals surface area contributed by atoms with E-state index < -0.39 is 0 Å². The summed E-state index contributed by atoms with van der Waals surface area (Å²) in [5.41, 5.74) is 11.3. The van der Waals surface area contributed by atoms with E-state index in [4.69, 9.17) is 5.73 Å². The number of nitrogens with two attached hydrogens (primary N) is 1. The number of pyridine rings is 1. The van der Waals surface area contributed by atoms with Crippen molar-refractivity contribution in [2.75, 3.05) is 17.6 Å². The third-order valence-corrected chi connectivity index (χ3v) is 4.71. The number of nitrogen functional groups attached to an aromatic ring is 1. The molecule has 0 amide bonds. The van der Waals surface area contributed by atoms with Crippen molar-refractivity contribution in [2.45, 2.75) is 12.8 Å². The molecule has 25 heavy (non-hydrogen) atoms. The van der Waals surface area contributed by atoms with Crippen molar-refractivity contribution in [1.82, 2.24) is 4.98 Å². The number of nitrogens with zero attached hydrogens (tertiary/aromatic N) is 1. The van der Waals surface area contributed by atoms with Crippen LogP contribution in [-0.4, -0.2) is 17.3 Å². The van der Waals surface area contributed by atoms with Gasteiger partial charge in [0.15, 0.2) is 5.78 Å². The number of anilines is 2. The fourth-order valence-corrected chi connectivity index (χ4v) is 3.35. The van der Waals surface area contributed by atoms with E-state index in [2.05, 4.69) is 16.4 Å². The molecular weight excluding hydrogens is 310 g/mol. The number of rotatable bonds is 3. The Morgan fingerprint density at radius 2 is 1.96 bits per heavy atom. The first-order valence-corrected chi connectivity index (χ1v) is 8.33. The Morgan fingerprint density at radius 1 is 1.12 bits per heavy atom. The van der Waals surface area contributed by atoms with Gasteiger partial charge in [-0.05, 0) is 36.2 Å². The van der Waals surface area contributed by atoms with Crippen molar-refractivity contribution < 1.29 is 4.79 Å². The SMILES string of the molecule is Cc1ccccc1C(=O)C1CNc2ncc(-c3cccc(N)c3)cc21. The second-order valence-electron chi connectivity index (χ2n) is 6.40. The topological polar surface area (TPSA) is 68.0 Å². The molecule has 3 aromatic rings. The maximum absolute atomic E-state index is 13.0. The molecule has 3 N–H and O–H groups in total. The second-order valence-corrected chi connectivity index (χ2v) is 6.40. The number of nitrogens with one attached hydrogen (secondary N) is 1. The van der Waals surface area contributed by atoms with Crippen molar-refractivity contribution in [1.29, 1.82) is 0 Å². The van der Waals surface area contributed by atoms with Crippen molar-refractivity contribution in [3.8, 4) is 11.1 Å². The van der Waals surface area contributed by atoms with Gasteiger partial charge >= 0.3 is 0 Å². The normalized spacial score (nSPS) is 15.5. The van der Waals surface area contributed by atoms with Gasteiger partial charge in [0.25, 0.3) is 0 Å². The lowest BCUT2D eigenvalue weighted by atomic mass is 9.90. The van der Waals surface area contributed by atoms with Crippen LogP contribution in [-0.2, 0) is 0 Å². The molecule has 0 fully saturated rings. The van der Waals surface area contributed by atoms with Crippen LogP contribution < -0.4 is 11.1 Å². The number of aryl methyl sites for hydroxylation is 1. The van der Waals surface area contributed by atoms with Gasteiger partial charge in [0.05, 0.1) is 5.92 Å². The number of benzene rings is 2. The third-order valence-electron chi connectivity index (χ3n) is 4.71. The molecule has 1 aliphatic heterocycles. The average Bonchev–Trinajstić information content (AvgIpc) is 3.04. The monoisotopic (exact) mass is 329 g/mol. The zero-order valence-electron chi connectivity index (χ0n) is 14.0. The van der Waals surface area contributed by atoms with E-state index in [-0.39, 0.29) is 11.7 Å². The molecule has 4 nitrogen and oxygen atoms in total. The summed E-state index contributed by atoms with van der Waals surface area (Å²) in [5.74, 6) is 0.708. The van der Waals surface area contributed by atoms with E-state index in [1.54, 1.807) is 0 Å². The van der Waals surface area contributed by atoms with Gasteiger partial charge in [0.2, 0.25) is 0 Å². The number of carbonyl (C=O) groups excluding carboxylic acids is 1. The van der Waals surface area contributed by atoms with Crippen molar-refractivity contribution in [2.24, 2.45) is 0 Å². The van der Waals surface area contributed by atoms with Crippen molar-refractivity contribution >= 4 is 17.3 Å². The Bertz CT molecular complexity index is 965. The van der Waals surface area contributed by atoms with Crippen LogP contribution >= 0.6 is 0 Å². The Kier molecular flexibility index (Phi) is 3.73. The molecule has 0 saturated heterocycles. The molecule has 0 aliphatic carbocycles. The fourth-order valence-electron chi connectivity index (χ4n) is 3.35. The summed E-state index contributed by atoms with van der Waals surface area (Å²) in [5, 5.41) is 3.25. The number of hydrogen-bond donors (Lipinski definition) is 2. The van der Waals surface area contributed by atoms with Crippen LogP contribution in [0.4, 0.5) is 11.5 Å². The highest BCUT2D eigenvalue weighted by atomic mass is 16.1. The second kappa shape index (κ2) is 6.06. The molecule has 1 unspecified atom stereocenters. The molecule has 2 aromatic carbocycles. The summed E-state index contributed by atoms with van der Waals surface area (Å²) in [6.45, 7) is 2.55. The van der Waals surface area contributed by atoms with Crippen molar-refractivity contribution in [3.63, 3.8) is 0 Å². The lowest BCUT2D eigenvalue weighted by Crippen LogP contribution is -2.15. The van der Waals surface area contributed by atoms with Gasteiger partial charge < -0.3 is 11.1 Å². The van der Waals surface area contributed by atoms with Gasteiger partial charge in [0.1, 0.15) is 5.82 Å². The molecule has 4 heteroatoms. The van der Waals surface area contributed by atoms with Gasteiger partial charge in [-0.15, -0.1) is 0 Å². The minimum atomic E-state index is -0.218. The highest BCUT2D eigenvalue weighted by Gasteiger charge is 2.31. The van der Waals surface area contributed by atoms with Gasteiger partial charge in [-0.1, -0.05) is 36.4 Å². The molecule has 124 valence electrons. The first-order chi connectivity index (χ1) is 12.1. The zero-order chi connectivity index (χ0) is 17.4. The predicted octanol–water partition coefficient (Wildman–Crippen LogP) is 4.03. The van der Waals surface area contributed by atoms with Gasteiger partial charge in [-0.25, -0.2) is 4.98 Å². The predicted molar refractivity (Wildman–Crippen MR) is 101 cm³/mol. The quantitative estimate of drug-likeness (QED) is 0.562. The molecular formula is C21H19N3O. The van der Waals surface area contributed by atoms with Crippen molar-refractivity contribution in [3.05, 3.63) is 77.5 Å². The highest BCUT2D eigenvalue weighted by molar-refractivity contribution is 6.04. The molecule has 0 spiro atoms. The van der Waals surface area contributed by atoms with Crippen LogP contribution in [0.15, 0.2) is 60.8 Å². The minimum Gasteiger partial charge on any atom is -0.399 e. The molecule has 4 rings (SSSR count). The van der Waals surface area contributed by atoms with E-state index in [0.717, 1.165) is 33.6 Å². The molecule has 2 heterocycles. The maximum Gasteiger partial charge on any atom is 0.172 e. The summed E-state index contributed by atoms with van der Waals surface area (Å²) in [4.78, 5) is 17.6. The van der Waals surface area contributed by atoms with Crippen LogP contribution in [0, 0.1) is 6.92 Å². The number of hydrogen-bond acceptors (Lipinski definition) is 4. The lowest BCUT2D eigenvalue weighted by molar-refractivity contribution is 0.0966. The van der Waals surface area contributed by atoms with Crippen LogP contribution in [0.1, 0.15) is 27.4 Å². The lowest BCUT2D eigenvalue weighted by Gasteiger charge is -2.12. The van der Waals surface area contributed by atoms with Crippen LogP contribution in [0.25, 0.3) is 11.1 Å². The standard InChI is InChI=1S/C21H19N3O/c1-13-5-2-3-8-17(13)20(25)19-12-24-21-18(19)10-15(11-23-21)14-6-4-7-16(22)9-14/h2-11,19H,12,22H2,1H3,(H,23,24). The number of ketones is 1. The van der Waals surface area contributed by atoms with E-state index in [1.165, 1.54) is 0 Å². The molecule has 0 saturated carbocycles. The molecule has 1 aromatic heterocycles.